The molecular weight excluding hydrogens is 288 g/mol. The number of aryl methyl sites for hydroxylation is 1. The van der Waals surface area contributed by atoms with E-state index in [2.05, 4.69) is 29.1 Å². The van der Waals surface area contributed by atoms with Crippen LogP contribution in [0, 0.1) is 6.92 Å². The Kier molecular flexibility index (Phi) is 5.20. The predicted octanol–water partition coefficient (Wildman–Crippen LogP) is 2.85. The Morgan fingerprint density at radius 3 is 2.76 bits per heavy atom. The molecule has 0 amide bonds. The molecule has 0 saturated carbocycles. The van der Waals surface area contributed by atoms with Crippen molar-refractivity contribution in [2.45, 2.75) is 40.0 Å². The van der Waals surface area contributed by atoms with Crippen LogP contribution in [0.25, 0.3) is 0 Å². The van der Waals surface area contributed by atoms with Crippen molar-refractivity contribution in [3.05, 3.63) is 40.7 Å². The van der Waals surface area contributed by atoms with Crippen LogP contribution in [0.15, 0.2) is 18.3 Å². The van der Waals surface area contributed by atoms with E-state index in [1.165, 1.54) is 0 Å². The van der Waals surface area contributed by atoms with Crippen molar-refractivity contribution in [3.63, 3.8) is 0 Å². The Bertz CT molecular complexity index is 610. The van der Waals surface area contributed by atoms with Gasteiger partial charge in [-0.2, -0.15) is 0 Å². The SMILES string of the molecule is Cc1ccc(OCc2ncc(Cl)n2C)c(CNC(C)C)n1. The lowest BCUT2D eigenvalue weighted by atomic mass is 10.2. The summed E-state index contributed by atoms with van der Waals surface area (Å²) in [6, 6.07) is 4.29. The molecule has 2 aromatic heterocycles. The van der Waals surface area contributed by atoms with Crippen molar-refractivity contribution in [2.24, 2.45) is 7.05 Å². The summed E-state index contributed by atoms with van der Waals surface area (Å²) in [5.41, 5.74) is 1.88. The van der Waals surface area contributed by atoms with Gasteiger partial charge < -0.3 is 14.6 Å². The van der Waals surface area contributed by atoms with Gasteiger partial charge in [0.25, 0.3) is 0 Å². The fraction of sp³-hybridized carbons (Fsp3) is 0.467. The minimum atomic E-state index is 0.364. The molecule has 1 N–H and O–H groups in total. The number of pyridine rings is 1. The van der Waals surface area contributed by atoms with Crippen molar-refractivity contribution in [2.75, 3.05) is 0 Å². The summed E-state index contributed by atoms with van der Waals surface area (Å²) in [6.07, 6.45) is 1.62. The first-order valence-electron chi connectivity index (χ1n) is 6.96. The summed E-state index contributed by atoms with van der Waals surface area (Å²) in [5.74, 6) is 1.55. The summed E-state index contributed by atoms with van der Waals surface area (Å²) in [5, 5.41) is 3.95. The number of nitrogens with zero attached hydrogens (tertiary/aromatic N) is 3. The summed E-state index contributed by atoms with van der Waals surface area (Å²) in [7, 11) is 1.86. The van der Waals surface area contributed by atoms with Gasteiger partial charge in [0.05, 0.1) is 11.9 Å². The molecule has 0 spiro atoms. The molecule has 0 radical (unpaired) electrons. The molecule has 2 aromatic rings. The quantitative estimate of drug-likeness (QED) is 0.891. The van der Waals surface area contributed by atoms with Crippen LogP contribution in [0.2, 0.25) is 5.15 Å². The molecule has 0 fully saturated rings. The summed E-state index contributed by atoms with van der Waals surface area (Å²) in [4.78, 5) is 8.77. The van der Waals surface area contributed by atoms with Crippen LogP contribution in [0.1, 0.15) is 31.1 Å². The number of hydrogen-bond acceptors (Lipinski definition) is 4. The highest BCUT2D eigenvalue weighted by Crippen LogP contribution is 2.19. The van der Waals surface area contributed by atoms with Crippen LogP contribution in [0.3, 0.4) is 0 Å². The molecule has 0 bridgehead atoms. The standard InChI is InChI=1S/C15H21ClN4O/c1-10(2)17-7-12-13(6-5-11(3)19-12)21-9-15-18-8-14(16)20(15)4/h5-6,8,10,17H,7,9H2,1-4H3. The molecule has 114 valence electrons. The zero-order valence-corrected chi connectivity index (χ0v) is 13.6. The fourth-order valence-corrected chi connectivity index (χ4v) is 2.00. The van der Waals surface area contributed by atoms with Crippen molar-refractivity contribution in [1.29, 1.82) is 0 Å². The Hall–Kier alpha value is -1.59. The smallest absolute Gasteiger partial charge is 0.147 e. The summed E-state index contributed by atoms with van der Waals surface area (Å²) < 4.78 is 7.66. The largest absolute Gasteiger partial charge is 0.484 e. The maximum atomic E-state index is 5.97. The van der Waals surface area contributed by atoms with E-state index < -0.39 is 0 Å². The Morgan fingerprint density at radius 1 is 1.38 bits per heavy atom. The molecule has 0 aliphatic rings. The Labute approximate surface area is 130 Å². The zero-order valence-electron chi connectivity index (χ0n) is 12.9. The van der Waals surface area contributed by atoms with Gasteiger partial charge in [-0.05, 0) is 19.1 Å². The highest BCUT2D eigenvalue weighted by Gasteiger charge is 2.10. The second-order valence-electron chi connectivity index (χ2n) is 5.28. The molecule has 0 aliphatic heterocycles. The molecular formula is C15H21ClN4O. The first kappa shape index (κ1) is 15.8. The first-order valence-corrected chi connectivity index (χ1v) is 7.34. The highest BCUT2D eigenvalue weighted by molar-refractivity contribution is 6.29. The summed E-state index contributed by atoms with van der Waals surface area (Å²) >= 11 is 5.97. The van der Waals surface area contributed by atoms with Crippen LogP contribution < -0.4 is 10.1 Å². The third-order valence-electron chi connectivity index (χ3n) is 3.13. The van der Waals surface area contributed by atoms with Crippen LogP contribution in [-0.2, 0) is 20.2 Å². The number of ether oxygens (including phenoxy) is 1. The second-order valence-corrected chi connectivity index (χ2v) is 5.67. The number of nitrogens with one attached hydrogen (secondary N) is 1. The zero-order chi connectivity index (χ0) is 15.4. The van der Waals surface area contributed by atoms with Gasteiger partial charge in [-0.25, -0.2) is 4.98 Å². The number of halogens is 1. The Balaban J connectivity index is 2.10. The average molecular weight is 309 g/mol. The van der Waals surface area contributed by atoms with Gasteiger partial charge in [0.2, 0.25) is 0 Å². The number of rotatable bonds is 6. The molecule has 0 unspecified atom stereocenters. The van der Waals surface area contributed by atoms with Gasteiger partial charge in [0, 0.05) is 25.3 Å². The monoisotopic (exact) mass is 308 g/mol. The van der Waals surface area contributed by atoms with Crippen LogP contribution >= 0.6 is 11.6 Å². The first-order chi connectivity index (χ1) is 9.97. The van der Waals surface area contributed by atoms with Gasteiger partial charge in [0.15, 0.2) is 0 Å². The van der Waals surface area contributed by atoms with Crippen LogP contribution in [0.4, 0.5) is 0 Å². The molecule has 0 saturated heterocycles. The molecule has 0 aromatic carbocycles. The predicted molar refractivity (Wildman–Crippen MR) is 83.5 cm³/mol. The van der Waals surface area contributed by atoms with E-state index in [1.54, 1.807) is 10.8 Å². The molecule has 6 heteroatoms. The lowest BCUT2D eigenvalue weighted by Crippen LogP contribution is -2.23. The average Bonchev–Trinajstić information content (AvgIpc) is 2.75. The lowest BCUT2D eigenvalue weighted by molar-refractivity contribution is 0.286. The van der Waals surface area contributed by atoms with Crippen LogP contribution in [0.5, 0.6) is 5.75 Å². The van der Waals surface area contributed by atoms with Crippen molar-refractivity contribution in [1.82, 2.24) is 19.9 Å². The van der Waals surface area contributed by atoms with Gasteiger partial charge in [-0.1, -0.05) is 25.4 Å². The minimum absolute atomic E-state index is 0.364. The van der Waals surface area contributed by atoms with Gasteiger partial charge in [-0.15, -0.1) is 0 Å². The van der Waals surface area contributed by atoms with E-state index in [-0.39, 0.29) is 0 Å². The second kappa shape index (κ2) is 6.91. The number of hydrogen-bond donors (Lipinski definition) is 1. The van der Waals surface area contributed by atoms with E-state index in [4.69, 9.17) is 16.3 Å². The van der Waals surface area contributed by atoms with Crippen molar-refractivity contribution >= 4 is 11.6 Å². The molecule has 0 atom stereocenters. The van der Waals surface area contributed by atoms with Crippen molar-refractivity contribution in [3.8, 4) is 5.75 Å². The molecule has 2 rings (SSSR count). The molecule has 21 heavy (non-hydrogen) atoms. The lowest BCUT2D eigenvalue weighted by Gasteiger charge is -2.13. The van der Waals surface area contributed by atoms with E-state index in [1.807, 2.05) is 26.1 Å². The number of aromatic nitrogens is 3. The minimum Gasteiger partial charge on any atom is -0.484 e. The normalized spacial score (nSPS) is 11.1. The van der Waals surface area contributed by atoms with Crippen molar-refractivity contribution < 1.29 is 4.74 Å². The molecule has 2 heterocycles. The van der Waals surface area contributed by atoms with E-state index in [0.717, 1.165) is 23.0 Å². The van der Waals surface area contributed by atoms with E-state index >= 15 is 0 Å². The molecule has 5 nitrogen and oxygen atoms in total. The third kappa shape index (κ3) is 4.19. The van der Waals surface area contributed by atoms with Gasteiger partial charge in [-0.3, -0.25) is 4.98 Å². The Morgan fingerprint density at radius 2 is 2.14 bits per heavy atom. The topological polar surface area (TPSA) is 52.0 Å². The maximum absolute atomic E-state index is 5.97. The fourth-order valence-electron chi connectivity index (χ4n) is 1.86. The third-order valence-corrected chi connectivity index (χ3v) is 3.49. The molecule has 0 aliphatic carbocycles. The van der Waals surface area contributed by atoms with E-state index in [0.29, 0.717) is 24.3 Å². The van der Waals surface area contributed by atoms with Gasteiger partial charge >= 0.3 is 0 Å². The van der Waals surface area contributed by atoms with E-state index in [9.17, 15) is 0 Å². The summed E-state index contributed by atoms with van der Waals surface area (Å²) in [6.45, 7) is 7.22. The number of imidazole rings is 1. The maximum Gasteiger partial charge on any atom is 0.147 e. The van der Waals surface area contributed by atoms with Gasteiger partial charge in [0.1, 0.15) is 23.3 Å². The highest BCUT2D eigenvalue weighted by atomic mass is 35.5. The van der Waals surface area contributed by atoms with Crippen LogP contribution in [-0.4, -0.2) is 20.6 Å².